The SMILES string of the molecule is N#Cc1ccccc1CS(=O)(=O)Cc1ccc(-n2cccn2)cc1. The van der Waals surface area contributed by atoms with Gasteiger partial charge in [-0.2, -0.15) is 10.4 Å². The van der Waals surface area contributed by atoms with E-state index < -0.39 is 9.84 Å². The average Bonchev–Trinajstić information content (AvgIpc) is 3.10. The summed E-state index contributed by atoms with van der Waals surface area (Å²) in [6.45, 7) is 0. The molecule has 0 aliphatic carbocycles. The molecule has 2 aromatic carbocycles. The van der Waals surface area contributed by atoms with Crippen LogP contribution >= 0.6 is 0 Å². The van der Waals surface area contributed by atoms with Crippen LogP contribution in [0.25, 0.3) is 5.69 Å². The highest BCUT2D eigenvalue weighted by molar-refractivity contribution is 7.89. The Morgan fingerprint density at radius 2 is 1.75 bits per heavy atom. The minimum Gasteiger partial charge on any atom is -0.241 e. The summed E-state index contributed by atoms with van der Waals surface area (Å²) in [5.41, 5.74) is 2.51. The van der Waals surface area contributed by atoms with Crippen LogP contribution in [-0.2, 0) is 21.3 Å². The normalized spacial score (nSPS) is 11.1. The second kappa shape index (κ2) is 6.69. The van der Waals surface area contributed by atoms with Gasteiger partial charge in [-0.05, 0) is 35.4 Å². The first-order valence-corrected chi connectivity index (χ1v) is 9.17. The molecule has 0 unspecified atom stereocenters. The Balaban J connectivity index is 1.76. The number of benzene rings is 2. The van der Waals surface area contributed by atoms with E-state index in [1.54, 1.807) is 47.3 Å². The predicted molar refractivity (Wildman–Crippen MR) is 91.0 cm³/mol. The zero-order chi connectivity index (χ0) is 17.0. The van der Waals surface area contributed by atoms with Crippen LogP contribution in [0.4, 0.5) is 0 Å². The van der Waals surface area contributed by atoms with E-state index in [0.29, 0.717) is 16.7 Å². The van der Waals surface area contributed by atoms with Gasteiger partial charge in [0, 0.05) is 12.4 Å². The van der Waals surface area contributed by atoms with Gasteiger partial charge in [0.15, 0.2) is 9.84 Å². The van der Waals surface area contributed by atoms with Crippen molar-refractivity contribution in [1.29, 1.82) is 5.26 Å². The van der Waals surface area contributed by atoms with Crippen LogP contribution in [0.2, 0.25) is 0 Å². The Labute approximate surface area is 140 Å². The van der Waals surface area contributed by atoms with Crippen LogP contribution in [0.3, 0.4) is 0 Å². The molecule has 0 saturated heterocycles. The number of rotatable bonds is 5. The van der Waals surface area contributed by atoms with Crippen molar-refractivity contribution in [2.24, 2.45) is 0 Å². The predicted octanol–water partition coefficient (Wildman–Crippen LogP) is 2.86. The molecule has 0 aliphatic heterocycles. The van der Waals surface area contributed by atoms with Gasteiger partial charge in [0.1, 0.15) is 0 Å². The van der Waals surface area contributed by atoms with Gasteiger partial charge in [0.25, 0.3) is 0 Å². The molecule has 3 aromatic rings. The van der Waals surface area contributed by atoms with Crippen molar-refractivity contribution < 1.29 is 8.42 Å². The number of nitriles is 1. The van der Waals surface area contributed by atoms with Crippen molar-refractivity contribution in [2.45, 2.75) is 11.5 Å². The molecule has 0 N–H and O–H groups in total. The lowest BCUT2D eigenvalue weighted by Gasteiger charge is -2.07. The van der Waals surface area contributed by atoms with Crippen LogP contribution in [0, 0.1) is 11.3 Å². The monoisotopic (exact) mass is 337 g/mol. The van der Waals surface area contributed by atoms with Crippen molar-refractivity contribution in [3.05, 3.63) is 83.7 Å². The third-order valence-corrected chi connectivity index (χ3v) is 5.13. The summed E-state index contributed by atoms with van der Waals surface area (Å²) < 4.78 is 26.6. The van der Waals surface area contributed by atoms with E-state index in [0.717, 1.165) is 5.69 Å². The molecule has 0 bridgehead atoms. The molecule has 1 heterocycles. The molecule has 120 valence electrons. The smallest absolute Gasteiger partial charge is 0.158 e. The first kappa shape index (κ1) is 16.0. The number of sulfone groups is 1. The van der Waals surface area contributed by atoms with Gasteiger partial charge >= 0.3 is 0 Å². The molecule has 0 saturated carbocycles. The molecule has 0 fully saturated rings. The maximum Gasteiger partial charge on any atom is 0.158 e. The molecular weight excluding hydrogens is 322 g/mol. The van der Waals surface area contributed by atoms with E-state index in [2.05, 4.69) is 5.10 Å². The Morgan fingerprint density at radius 3 is 2.42 bits per heavy atom. The summed E-state index contributed by atoms with van der Waals surface area (Å²) in [6.07, 6.45) is 3.51. The molecule has 3 rings (SSSR count). The van der Waals surface area contributed by atoms with Crippen LogP contribution < -0.4 is 0 Å². The molecule has 5 nitrogen and oxygen atoms in total. The molecule has 24 heavy (non-hydrogen) atoms. The van der Waals surface area contributed by atoms with Gasteiger partial charge in [-0.25, -0.2) is 13.1 Å². The molecule has 0 spiro atoms. The summed E-state index contributed by atoms with van der Waals surface area (Å²) in [6, 6.07) is 17.9. The highest BCUT2D eigenvalue weighted by Gasteiger charge is 2.15. The second-order valence-corrected chi connectivity index (χ2v) is 7.48. The molecular formula is C18H15N3O2S. The lowest BCUT2D eigenvalue weighted by atomic mass is 10.1. The minimum atomic E-state index is -3.36. The summed E-state index contributed by atoms with van der Waals surface area (Å²) in [5, 5.41) is 13.2. The fraction of sp³-hybridized carbons (Fsp3) is 0.111. The molecule has 6 heteroatoms. The van der Waals surface area contributed by atoms with Crippen LogP contribution in [0.15, 0.2) is 67.0 Å². The van der Waals surface area contributed by atoms with Gasteiger partial charge in [0.2, 0.25) is 0 Å². The number of aromatic nitrogens is 2. The number of nitrogens with zero attached hydrogens (tertiary/aromatic N) is 3. The first-order valence-electron chi connectivity index (χ1n) is 7.35. The summed E-state index contributed by atoms with van der Waals surface area (Å²) in [7, 11) is -3.36. The Bertz CT molecular complexity index is 970. The second-order valence-electron chi connectivity index (χ2n) is 5.42. The quantitative estimate of drug-likeness (QED) is 0.717. The molecule has 0 amide bonds. The van der Waals surface area contributed by atoms with Crippen molar-refractivity contribution >= 4 is 9.84 Å². The Morgan fingerprint density at radius 1 is 1.00 bits per heavy atom. The summed E-state index contributed by atoms with van der Waals surface area (Å²) in [4.78, 5) is 0. The largest absolute Gasteiger partial charge is 0.241 e. The van der Waals surface area contributed by atoms with E-state index in [9.17, 15) is 8.42 Å². The van der Waals surface area contributed by atoms with Crippen molar-refractivity contribution in [3.63, 3.8) is 0 Å². The minimum absolute atomic E-state index is 0.0633. The Kier molecular flexibility index (Phi) is 4.45. The average molecular weight is 337 g/mol. The van der Waals surface area contributed by atoms with Gasteiger partial charge in [-0.15, -0.1) is 0 Å². The molecule has 1 aromatic heterocycles. The van der Waals surface area contributed by atoms with Gasteiger partial charge in [-0.1, -0.05) is 30.3 Å². The highest BCUT2D eigenvalue weighted by Crippen LogP contribution is 2.17. The van der Waals surface area contributed by atoms with E-state index in [-0.39, 0.29) is 11.5 Å². The van der Waals surface area contributed by atoms with E-state index in [4.69, 9.17) is 5.26 Å². The lowest BCUT2D eigenvalue weighted by Crippen LogP contribution is -2.09. The first-order chi connectivity index (χ1) is 11.6. The number of hydrogen-bond donors (Lipinski definition) is 0. The van der Waals surface area contributed by atoms with E-state index in [1.165, 1.54) is 0 Å². The fourth-order valence-electron chi connectivity index (χ4n) is 2.46. The summed E-state index contributed by atoms with van der Waals surface area (Å²) in [5.74, 6) is -0.205. The molecule has 0 aliphatic rings. The third kappa shape index (κ3) is 3.70. The number of hydrogen-bond acceptors (Lipinski definition) is 4. The fourth-order valence-corrected chi connectivity index (χ4v) is 3.99. The van der Waals surface area contributed by atoms with Crippen molar-refractivity contribution in [1.82, 2.24) is 9.78 Å². The Hall–Kier alpha value is -2.91. The van der Waals surface area contributed by atoms with Gasteiger partial charge in [0.05, 0.1) is 28.8 Å². The van der Waals surface area contributed by atoms with Crippen LogP contribution in [-0.4, -0.2) is 18.2 Å². The van der Waals surface area contributed by atoms with E-state index in [1.807, 2.05) is 30.5 Å². The third-order valence-electron chi connectivity index (χ3n) is 3.61. The van der Waals surface area contributed by atoms with Crippen LogP contribution in [0.5, 0.6) is 0 Å². The lowest BCUT2D eigenvalue weighted by molar-refractivity contribution is 0.594. The zero-order valence-electron chi connectivity index (χ0n) is 12.8. The highest BCUT2D eigenvalue weighted by atomic mass is 32.2. The van der Waals surface area contributed by atoms with Crippen LogP contribution in [0.1, 0.15) is 16.7 Å². The maximum absolute atomic E-state index is 12.4. The van der Waals surface area contributed by atoms with E-state index >= 15 is 0 Å². The van der Waals surface area contributed by atoms with Crippen molar-refractivity contribution in [2.75, 3.05) is 0 Å². The topological polar surface area (TPSA) is 75.8 Å². The zero-order valence-corrected chi connectivity index (χ0v) is 13.6. The summed E-state index contributed by atoms with van der Waals surface area (Å²) >= 11 is 0. The van der Waals surface area contributed by atoms with Gasteiger partial charge in [-0.3, -0.25) is 0 Å². The standard InChI is InChI=1S/C18H15N3O2S/c19-12-16-4-1-2-5-17(16)14-24(22,23)13-15-6-8-18(9-7-15)21-11-3-10-20-21/h1-11H,13-14H2. The molecule has 0 atom stereocenters. The van der Waals surface area contributed by atoms with Crippen molar-refractivity contribution in [3.8, 4) is 11.8 Å². The maximum atomic E-state index is 12.4. The molecule has 0 radical (unpaired) electrons. The van der Waals surface area contributed by atoms with Gasteiger partial charge < -0.3 is 0 Å².